The molecule has 4 aromatic carbocycles. The molecule has 0 aliphatic carbocycles. The molecule has 0 spiro atoms. The number of halogens is 1. The third-order valence-corrected chi connectivity index (χ3v) is 4.95. The summed E-state index contributed by atoms with van der Waals surface area (Å²) in [7, 11) is 0. The zero-order valence-corrected chi connectivity index (χ0v) is 14.5. The zero-order valence-electron chi connectivity index (χ0n) is 13.7. The molecule has 1 heterocycles. The topological polar surface area (TPSA) is 30.2 Å². The molecule has 0 N–H and O–H groups in total. The fraction of sp³-hybridized carbons (Fsp3) is 0. The monoisotopic (exact) mass is 356 g/mol. The lowest BCUT2D eigenvalue weighted by molar-refractivity contribution is 0.660. The Morgan fingerprint density at radius 1 is 0.654 bits per heavy atom. The summed E-state index contributed by atoms with van der Waals surface area (Å²) in [6, 6.07) is 25.1. The molecule has 0 fully saturated rings. The molecule has 0 unspecified atom stereocenters. The number of hydrogen-bond acceptors (Lipinski definition) is 2. The summed E-state index contributed by atoms with van der Waals surface area (Å²) in [4.78, 5) is 12.7. The van der Waals surface area contributed by atoms with E-state index in [1.807, 2.05) is 54.6 Å². The highest BCUT2D eigenvalue weighted by Gasteiger charge is 2.09. The van der Waals surface area contributed by atoms with Gasteiger partial charge in [-0.1, -0.05) is 48.0 Å². The van der Waals surface area contributed by atoms with Gasteiger partial charge in [0.25, 0.3) is 0 Å². The Kier molecular flexibility index (Phi) is 3.34. The normalized spacial score (nSPS) is 11.4. The van der Waals surface area contributed by atoms with Crippen molar-refractivity contribution in [2.24, 2.45) is 0 Å². The van der Waals surface area contributed by atoms with Crippen LogP contribution < -0.4 is 5.43 Å². The molecule has 26 heavy (non-hydrogen) atoms. The Hall–Kier alpha value is -3.10. The van der Waals surface area contributed by atoms with Crippen molar-refractivity contribution in [1.82, 2.24) is 0 Å². The highest BCUT2D eigenvalue weighted by Crippen LogP contribution is 2.29. The first kappa shape index (κ1) is 15.2. The van der Waals surface area contributed by atoms with Gasteiger partial charge < -0.3 is 4.42 Å². The van der Waals surface area contributed by atoms with E-state index in [4.69, 9.17) is 16.0 Å². The van der Waals surface area contributed by atoms with E-state index in [9.17, 15) is 4.79 Å². The molecular formula is C23H13ClO2. The van der Waals surface area contributed by atoms with Gasteiger partial charge in [-0.15, -0.1) is 0 Å². The van der Waals surface area contributed by atoms with Gasteiger partial charge in [-0.05, 0) is 64.4 Å². The molecule has 0 aliphatic rings. The summed E-state index contributed by atoms with van der Waals surface area (Å²) in [6.07, 6.45) is 0. The van der Waals surface area contributed by atoms with E-state index in [1.165, 1.54) is 0 Å². The minimum Gasteiger partial charge on any atom is -0.456 e. The second kappa shape index (κ2) is 5.72. The first-order chi connectivity index (χ1) is 12.7. The van der Waals surface area contributed by atoms with Gasteiger partial charge in [0, 0.05) is 5.02 Å². The van der Waals surface area contributed by atoms with E-state index >= 15 is 0 Å². The van der Waals surface area contributed by atoms with E-state index in [0.29, 0.717) is 21.9 Å². The van der Waals surface area contributed by atoms with E-state index in [0.717, 1.165) is 26.9 Å². The summed E-state index contributed by atoms with van der Waals surface area (Å²) in [5.41, 5.74) is 3.28. The fourth-order valence-corrected chi connectivity index (χ4v) is 3.56. The van der Waals surface area contributed by atoms with Gasteiger partial charge >= 0.3 is 0 Å². The fourth-order valence-electron chi connectivity index (χ4n) is 3.38. The zero-order chi connectivity index (χ0) is 17.7. The summed E-state index contributed by atoms with van der Waals surface area (Å²) in [6.45, 7) is 0. The molecule has 5 rings (SSSR count). The van der Waals surface area contributed by atoms with Crippen LogP contribution in [0.5, 0.6) is 0 Å². The van der Waals surface area contributed by atoms with Gasteiger partial charge in [0.15, 0.2) is 0 Å². The SMILES string of the molecule is O=c1c2ccccc2oc2cc(-c3ccc4cc(Cl)ccc4c3)ccc12. The van der Waals surface area contributed by atoms with Gasteiger partial charge in [-0.3, -0.25) is 4.79 Å². The average molecular weight is 357 g/mol. The average Bonchev–Trinajstić information content (AvgIpc) is 2.67. The Morgan fingerprint density at radius 2 is 1.35 bits per heavy atom. The van der Waals surface area contributed by atoms with Crippen LogP contribution in [0.3, 0.4) is 0 Å². The van der Waals surface area contributed by atoms with Gasteiger partial charge in [0.05, 0.1) is 10.8 Å². The molecule has 0 radical (unpaired) electrons. The standard InChI is InChI=1S/C23H13ClO2/c24-18-9-7-15-11-14(5-6-16(15)12-18)17-8-10-20-22(13-17)26-21-4-2-1-3-19(21)23(20)25/h1-13H. The number of benzene rings is 4. The maximum atomic E-state index is 12.7. The van der Waals surface area contributed by atoms with Crippen LogP contribution in [0, 0.1) is 0 Å². The molecule has 124 valence electrons. The number of rotatable bonds is 1. The molecule has 0 atom stereocenters. The van der Waals surface area contributed by atoms with Crippen LogP contribution in [0.1, 0.15) is 0 Å². The van der Waals surface area contributed by atoms with Crippen LogP contribution in [0.25, 0.3) is 43.8 Å². The highest BCUT2D eigenvalue weighted by atomic mass is 35.5. The maximum Gasteiger partial charge on any atom is 0.200 e. The lowest BCUT2D eigenvalue weighted by Gasteiger charge is -2.07. The molecule has 1 aromatic heterocycles. The lowest BCUT2D eigenvalue weighted by Crippen LogP contribution is -2.01. The van der Waals surface area contributed by atoms with Crippen LogP contribution >= 0.6 is 11.6 Å². The summed E-state index contributed by atoms with van der Waals surface area (Å²) < 4.78 is 5.97. The number of hydrogen-bond donors (Lipinski definition) is 0. The Bertz CT molecular complexity index is 1370. The van der Waals surface area contributed by atoms with Crippen molar-refractivity contribution in [2.75, 3.05) is 0 Å². The first-order valence-electron chi connectivity index (χ1n) is 8.34. The Morgan fingerprint density at radius 3 is 2.27 bits per heavy atom. The van der Waals surface area contributed by atoms with Crippen molar-refractivity contribution in [3.8, 4) is 11.1 Å². The Balaban J connectivity index is 1.73. The third-order valence-electron chi connectivity index (χ3n) is 4.71. The largest absolute Gasteiger partial charge is 0.456 e. The summed E-state index contributed by atoms with van der Waals surface area (Å²) in [5.74, 6) is 0. The Labute approximate surface area is 154 Å². The van der Waals surface area contributed by atoms with Crippen LogP contribution in [-0.4, -0.2) is 0 Å². The van der Waals surface area contributed by atoms with Gasteiger partial charge in [0.1, 0.15) is 11.2 Å². The van der Waals surface area contributed by atoms with E-state index in [1.54, 1.807) is 6.07 Å². The number of fused-ring (bicyclic) bond motifs is 3. The molecular weight excluding hydrogens is 344 g/mol. The van der Waals surface area contributed by atoms with Crippen molar-refractivity contribution in [2.45, 2.75) is 0 Å². The van der Waals surface area contributed by atoms with Gasteiger partial charge in [0.2, 0.25) is 5.43 Å². The molecule has 0 saturated carbocycles. The quantitative estimate of drug-likeness (QED) is 0.324. The second-order valence-corrected chi connectivity index (χ2v) is 6.78. The van der Waals surface area contributed by atoms with Crippen LogP contribution in [0.2, 0.25) is 5.02 Å². The molecule has 0 aliphatic heterocycles. The molecule has 0 amide bonds. The van der Waals surface area contributed by atoms with Crippen molar-refractivity contribution in [1.29, 1.82) is 0 Å². The number of para-hydroxylation sites is 1. The minimum atomic E-state index is 0.00144. The van der Waals surface area contributed by atoms with Crippen molar-refractivity contribution in [3.05, 3.63) is 94.1 Å². The third kappa shape index (κ3) is 2.39. The first-order valence-corrected chi connectivity index (χ1v) is 8.72. The van der Waals surface area contributed by atoms with Crippen molar-refractivity contribution < 1.29 is 4.42 Å². The van der Waals surface area contributed by atoms with E-state index in [2.05, 4.69) is 18.2 Å². The van der Waals surface area contributed by atoms with E-state index in [-0.39, 0.29) is 5.43 Å². The second-order valence-electron chi connectivity index (χ2n) is 6.34. The summed E-state index contributed by atoms with van der Waals surface area (Å²) in [5, 5.41) is 4.14. The molecule has 0 bridgehead atoms. The van der Waals surface area contributed by atoms with Crippen molar-refractivity contribution >= 4 is 44.3 Å². The van der Waals surface area contributed by atoms with Crippen LogP contribution in [-0.2, 0) is 0 Å². The van der Waals surface area contributed by atoms with E-state index < -0.39 is 0 Å². The maximum absolute atomic E-state index is 12.7. The molecule has 3 heteroatoms. The van der Waals surface area contributed by atoms with Gasteiger partial charge in [-0.2, -0.15) is 0 Å². The molecule has 0 saturated heterocycles. The van der Waals surface area contributed by atoms with Gasteiger partial charge in [-0.25, -0.2) is 0 Å². The molecule has 5 aromatic rings. The van der Waals surface area contributed by atoms with Crippen LogP contribution in [0.15, 0.2) is 88.1 Å². The predicted octanol–water partition coefficient (Wildman–Crippen LogP) is 6.42. The van der Waals surface area contributed by atoms with Crippen molar-refractivity contribution in [3.63, 3.8) is 0 Å². The predicted molar refractivity (Wildman–Crippen MR) is 108 cm³/mol. The lowest BCUT2D eigenvalue weighted by atomic mass is 10.00. The highest BCUT2D eigenvalue weighted by molar-refractivity contribution is 6.31. The van der Waals surface area contributed by atoms with Crippen LogP contribution in [0.4, 0.5) is 0 Å². The summed E-state index contributed by atoms with van der Waals surface area (Å²) >= 11 is 6.06. The minimum absolute atomic E-state index is 0.00144. The smallest absolute Gasteiger partial charge is 0.200 e. The molecule has 2 nitrogen and oxygen atoms in total.